The van der Waals surface area contributed by atoms with Gasteiger partial charge in [-0.2, -0.15) is 11.8 Å². The van der Waals surface area contributed by atoms with Crippen molar-refractivity contribution in [2.45, 2.75) is 44.1 Å². The van der Waals surface area contributed by atoms with E-state index in [-0.39, 0.29) is 10.5 Å². The first-order valence-corrected chi connectivity index (χ1v) is 9.94. The minimum atomic E-state index is -3.10. The number of sulfone groups is 1. The van der Waals surface area contributed by atoms with Crippen molar-refractivity contribution in [3.63, 3.8) is 0 Å². The number of thioether (sulfide) groups is 1. The third kappa shape index (κ3) is 5.36. The highest BCUT2D eigenvalue weighted by molar-refractivity contribution is 8.00. The van der Waals surface area contributed by atoms with Gasteiger partial charge in [0.2, 0.25) is 0 Å². The van der Waals surface area contributed by atoms with Crippen molar-refractivity contribution in [2.75, 3.05) is 38.2 Å². The number of guanidine groups is 1. The number of hydrogen-bond acceptors (Lipinski definition) is 4. The minimum Gasteiger partial charge on any atom is -0.355 e. The molecule has 1 rings (SSSR count). The van der Waals surface area contributed by atoms with Crippen LogP contribution in [0.5, 0.6) is 0 Å². The molecule has 5 nitrogen and oxygen atoms in total. The summed E-state index contributed by atoms with van der Waals surface area (Å²) in [7, 11) is -1.35. The lowest BCUT2D eigenvalue weighted by atomic mass is 10.2. The summed E-state index contributed by atoms with van der Waals surface area (Å²) in [5.41, 5.74) is 0. The zero-order valence-electron chi connectivity index (χ0n) is 14.1. The molecule has 0 unspecified atom stereocenters. The van der Waals surface area contributed by atoms with Gasteiger partial charge in [0.1, 0.15) is 0 Å². The molecule has 1 aliphatic heterocycles. The highest BCUT2D eigenvalue weighted by Gasteiger charge is 2.30. The molecule has 1 N–H and O–H groups in total. The Balaban J connectivity index is 2.57. The maximum Gasteiger partial charge on any atom is 0.193 e. The van der Waals surface area contributed by atoms with E-state index in [2.05, 4.69) is 29.1 Å². The maximum absolute atomic E-state index is 12.1. The van der Waals surface area contributed by atoms with Gasteiger partial charge in [-0.1, -0.05) is 0 Å². The molecule has 1 saturated heterocycles. The van der Waals surface area contributed by atoms with Crippen molar-refractivity contribution in [3.05, 3.63) is 0 Å². The molecule has 0 atom stereocenters. The summed E-state index contributed by atoms with van der Waals surface area (Å²) in [6.07, 6.45) is 0. The van der Waals surface area contributed by atoms with E-state index in [9.17, 15) is 8.42 Å². The smallest absolute Gasteiger partial charge is 0.193 e. The second-order valence-electron chi connectivity index (χ2n) is 6.93. The Bertz CT molecular complexity index is 479. The largest absolute Gasteiger partial charge is 0.355 e. The standard InChI is InChI=1S/C14H29N3O2S2/c1-13(2,3)21(18,19)10-7-16-12(15-6)17-8-9-20-14(4,5)11-17/h7-11H2,1-6H3,(H,15,16). The Kier molecular flexibility index (Phi) is 6.00. The Labute approximate surface area is 133 Å². The molecule has 0 aromatic rings. The fourth-order valence-corrected chi connectivity index (χ4v) is 4.23. The topological polar surface area (TPSA) is 61.8 Å². The molecule has 0 aromatic heterocycles. The van der Waals surface area contributed by atoms with Crippen LogP contribution in [0.4, 0.5) is 0 Å². The monoisotopic (exact) mass is 335 g/mol. The van der Waals surface area contributed by atoms with Crippen LogP contribution < -0.4 is 5.32 Å². The van der Waals surface area contributed by atoms with E-state index in [1.807, 2.05) is 11.8 Å². The van der Waals surface area contributed by atoms with Crippen LogP contribution in [0.1, 0.15) is 34.6 Å². The van der Waals surface area contributed by atoms with Gasteiger partial charge in [-0.3, -0.25) is 4.99 Å². The van der Waals surface area contributed by atoms with Crippen LogP contribution in [0, 0.1) is 0 Å². The lowest BCUT2D eigenvalue weighted by molar-refractivity contribution is 0.377. The van der Waals surface area contributed by atoms with Crippen molar-refractivity contribution in [2.24, 2.45) is 4.99 Å². The summed E-state index contributed by atoms with van der Waals surface area (Å²) in [6, 6.07) is 0. The SMILES string of the molecule is CN=C(NCCS(=O)(=O)C(C)(C)C)N1CCSC(C)(C)C1. The Morgan fingerprint density at radius 1 is 1.38 bits per heavy atom. The first kappa shape index (κ1) is 18.6. The summed E-state index contributed by atoms with van der Waals surface area (Å²) < 4.78 is 23.7. The van der Waals surface area contributed by atoms with Gasteiger partial charge >= 0.3 is 0 Å². The van der Waals surface area contributed by atoms with Crippen LogP contribution in [0.2, 0.25) is 0 Å². The molecule has 124 valence electrons. The van der Waals surface area contributed by atoms with Crippen molar-refractivity contribution in [1.82, 2.24) is 10.2 Å². The average molecular weight is 336 g/mol. The van der Waals surface area contributed by atoms with Gasteiger partial charge in [0.25, 0.3) is 0 Å². The Morgan fingerprint density at radius 3 is 2.48 bits per heavy atom. The second-order valence-corrected chi connectivity index (χ2v) is 11.6. The molecule has 0 spiro atoms. The van der Waals surface area contributed by atoms with Gasteiger partial charge in [0.15, 0.2) is 15.8 Å². The molecule has 0 aliphatic carbocycles. The van der Waals surface area contributed by atoms with Crippen LogP contribution in [0.3, 0.4) is 0 Å². The average Bonchev–Trinajstić information content (AvgIpc) is 2.31. The van der Waals surface area contributed by atoms with Crippen molar-refractivity contribution < 1.29 is 8.42 Å². The molecule has 0 aromatic carbocycles. The summed E-state index contributed by atoms with van der Waals surface area (Å²) in [5.74, 6) is 1.99. The van der Waals surface area contributed by atoms with E-state index in [1.54, 1.807) is 27.8 Å². The van der Waals surface area contributed by atoms with Gasteiger partial charge < -0.3 is 10.2 Å². The number of hydrogen-bond donors (Lipinski definition) is 1. The molecule has 1 fully saturated rings. The molecule has 7 heteroatoms. The first-order chi connectivity index (χ1) is 9.48. The molecular weight excluding hydrogens is 306 g/mol. The zero-order chi connectivity index (χ0) is 16.3. The van der Waals surface area contributed by atoms with E-state index in [1.165, 1.54) is 0 Å². The molecule has 1 aliphatic rings. The zero-order valence-corrected chi connectivity index (χ0v) is 15.7. The van der Waals surface area contributed by atoms with E-state index >= 15 is 0 Å². The number of nitrogens with one attached hydrogen (secondary N) is 1. The van der Waals surface area contributed by atoms with Crippen molar-refractivity contribution >= 4 is 27.6 Å². The molecule has 0 bridgehead atoms. The van der Waals surface area contributed by atoms with E-state index < -0.39 is 14.6 Å². The third-order valence-corrected chi connectivity index (χ3v) is 7.43. The second kappa shape index (κ2) is 6.77. The van der Waals surface area contributed by atoms with E-state index in [4.69, 9.17) is 0 Å². The summed E-state index contributed by atoms with van der Waals surface area (Å²) in [6.45, 7) is 11.9. The molecule has 0 amide bonds. The normalized spacial score (nSPS) is 20.5. The Hall–Kier alpha value is -0.430. The fourth-order valence-electron chi connectivity index (χ4n) is 2.13. The van der Waals surface area contributed by atoms with Gasteiger partial charge in [-0.05, 0) is 34.6 Å². The number of rotatable bonds is 3. The molecule has 1 heterocycles. The molecule has 0 saturated carbocycles. The summed E-state index contributed by atoms with van der Waals surface area (Å²) >= 11 is 1.96. The van der Waals surface area contributed by atoms with Crippen LogP contribution in [-0.4, -0.2) is 67.0 Å². The Morgan fingerprint density at radius 2 is 2.00 bits per heavy atom. The molecule has 21 heavy (non-hydrogen) atoms. The van der Waals surface area contributed by atoms with Gasteiger partial charge in [-0.25, -0.2) is 8.42 Å². The van der Waals surface area contributed by atoms with Crippen LogP contribution >= 0.6 is 11.8 Å². The van der Waals surface area contributed by atoms with Crippen LogP contribution in [-0.2, 0) is 9.84 Å². The quantitative estimate of drug-likeness (QED) is 0.627. The number of aliphatic imine (C=N–C) groups is 1. The van der Waals surface area contributed by atoms with E-state index in [0.29, 0.717) is 6.54 Å². The molecular formula is C14H29N3O2S2. The lowest BCUT2D eigenvalue weighted by Gasteiger charge is -2.39. The first-order valence-electron chi connectivity index (χ1n) is 7.30. The lowest BCUT2D eigenvalue weighted by Crippen LogP contribution is -2.51. The predicted octanol–water partition coefficient (Wildman–Crippen LogP) is 1.60. The highest BCUT2D eigenvalue weighted by Crippen LogP contribution is 2.29. The van der Waals surface area contributed by atoms with Crippen molar-refractivity contribution in [1.29, 1.82) is 0 Å². The highest BCUT2D eigenvalue weighted by atomic mass is 32.2. The predicted molar refractivity (Wildman–Crippen MR) is 93.0 cm³/mol. The molecule has 0 radical (unpaired) electrons. The summed E-state index contributed by atoms with van der Waals surface area (Å²) in [5, 5.41) is 3.19. The minimum absolute atomic E-state index is 0.126. The third-order valence-electron chi connectivity index (χ3n) is 3.52. The van der Waals surface area contributed by atoms with E-state index in [0.717, 1.165) is 24.8 Å². The van der Waals surface area contributed by atoms with Crippen molar-refractivity contribution in [3.8, 4) is 0 Å². The van der Waals surface area contributed by atoms with Gasteiger partial charge in [-0.15, -0.1) is 0 Å². The van der Waals surface area contributed by atoms with Gasteiger partial charge in [0, 0.05) is 37.2 Å². The summed E-state index contributed by atoms with van der Waals surface area (Å²) in [4.78, 5) is 6.49. The van der Waals surface area contributed by atoms with Crippen LogP contribution in [0.15, 0.2) is 4.99 Å². The number of nitrogens with zero attached hydrogens (tertiary/aromatic N) is 2. The fraction of sp³-hybridized carbons (Fsp3) is 0.929. The van der Waals surface area contributed by atoms with Gasteiger partial charge in [0.05, 0.1) is 10.5 Å². The van der Waals surface area contributed by atoms with Crippen LogP contribution in [0.25, 0.3) is 0 Å². The maximum atomic E-state index is 12.1.